The molecule has 2 amide bonds. The van der Waals surface area contributed by atoms with Gasteiger partial charge in [-0.05, 0) is 32.9 Å². The molecule has 1 heterocycles. The average Bonchev–Trinajstić information content (AvgIpc) is 2.35. The van der Waals surface area contributed by atoms with Gasteiger partial charge in [0.15, 0.2) is 0 Å². The van der Waals surface area contributed by atoms with Crippen LogP contribution in [0.15, 0.2) is 0 Å². The number of rotatable bonds is 6. The molecule has 2 atom stereocenters. The van der Waals surface area contributed by atoms with Crippen molar-refractivity contribution in [1.29, 1.82) is 0 Å². The van der Waals surface area contributed by atoms with Gasteiger partial charge in [-0.25, -0.2) is 4.79 Å². The number of piperidine rings is 1. The van der Waals surface area contributed by atoms with Crippen LogP contribution < -0.4 is 10.6 Å². The molecule has 1 aliphatic rings. The molecule has 2 unspecified atom stereocenters. The van der Waals surface area contributed by atoms with E-state index in [1.54, 1.807) is 0 Å². The largest absolute Gasteiger partial charge is 0.481 e. The Hall–Kier alpha value is -1.34. The second-order valence-corrected chi connectivity index (χ2v) is 5.63. The summed E-state index contributed by atoms with van der Waals surface area (Å²) in [5, 5.41) is 23.8. The molecule has 0 radical (unpaired) electrons. The van der Waals surface area contributed by atoms with E-state index < -0.39 is 18.0 Å². The fourth-order valence-corrected chi connectivity index (χ4v) is 2.36. The van der Waals surface area contributed by atoms with Crippen LogP contribution in [-0.4, -0.2) is 64.9 Å². The van der Waals surface area contributed by atoms with Crippen molar-refractivity contribution in [3.8, 4) is 0 Å². The van der Waals surface area contributed by atoms with Crippen LogP contribution in [0.5, 0.6) is 0 Å². The quantitative estimate of drug-likeness (QED) is 0.550. The number of carbonyl (C=O) groups is 2. The molecule has 0 aromatic heterocycles. The van der Waals surface area contributed by atoms with E-state index in [2.05, 4.69) is 22.5 Å². The van der Waals surface area contributed by atoms with Crippen LogP contribution in [-0.2, 0) is 4.79 Å². The van der Waals surface area contributed by atoms with Crippen molar-refractivity contribution in [3.05, 3.63) is 0 Å². The molecule has 0 spiro atoms. The van der Waals surface area contributed by atoms with Crippen molar-refractivity contribution in [2.24, 2.45) is 0 Å². The van der Waals surface area contributed by atoms with Crippen LogP contribution in [0.4, 0.5) is 4.79 Å². The van der Waals surface area contributed by atoms with Crippen LogP contribution in [0.25, 0.3) is 0 Å². The van der Waals surface area contributed by atoms with Gasteiger partial charge < -0.3 is 25.7 Å². The summed E-state index contributed by atoms with van der Waals surface area (Å²) in [6.07, 6.45) is 1.59. The van der Waals surface area contributed by atoms with E-state index in [-0.39, 0.29) is 18.6 Å². The Morgan fingerprint density at radius 1 is 1.45 bits per heavy atom. The first-order valence-electron chi connectivity index (χ1n) is 7.03. The molecule has 7 heteroatoms. The summed E-state index contributed by atoms with van der Waals surface area (Å²) in [5.74, 6) is -1.09. The number of hydrogen-bond acceptors (Lipinski definition) is 4. The third kappa shape index (κ3) is 6.21. The standard InChI is InChI=1S/C13H25N3O4/c1-3-16-6-4-5-10(8-16)15-12(19)14-9-13(2,20)7-11(17)18/h10,20H,3-9H2,1-2H3,(H,17,18)(H2,14,15,19). The summed E-state index contributed by atoms with van der Waals surface area (Å²) in [6.45, 7) is 6.24. The van der Waals surface area contributed by atoms with Gasteiger partial charge in [-0.2, -0.15) is 0 Å². The zero-order chi connectivity index (χ0) is 15.2. The van der Waals surface area contributed by atoms with E-state index in [4.69, 9.17) is 5.11 Å². The molecular weight excluding hydrogens is 262 g/mol. The van der Waals surface area contributed by atoms with Gasteiger partial charge in [-0.3, -0.25) is 4.79 Å². The lowest BCUT2D eigenvalue weighted by Crippen LogP contribution is -2.52. The van der Waals surface area contributed by atoms with Gasteiger partial charge in [0.2, 0.25) is 0 Å². The van der Waals surface area contributed by atoms with Crippen LogP contribution in [0.1, 0.15) is 33.1 Å². The number of carboxylic acid groups (broad SMARTS) is 1. The maximum Gasteiger partial charge on any atom is 0.315 e. The molecule has 7 nitrogen and oxygen atoms in total. The number of carbonyl (C=O) groups excluding carboxylic acids is 1. The molecule has 1 rings (SSSR count). The Morgan fingerprint density at radius 2 is 2.15 bits per heavy atom. The van der Waals surface area contributed by atoms with Gasteiger partial charge in [-0.1, -0.05) is 6.92 Å². The summed E-state index contributed by atoms with van der Waals surface area (Å²) in [4.78, 5) is 24.6. The Bertz CT molecular complexity index is 347. The predicted octanol–water partition coefficient (Wildman–Crippen LogP) is -0.00440. The molecular formula is C13H25N3O4. The topological polar surface area (TPSA) is 102 Å². The van der Waals surface area contributed by atoms with Crippen molar-refractivity contribution in [3.63, 3.8) is 0 Å². The summed E-state index contributed by atoms with van der Waals surface area (Å²) in [5.41, 5.74) is -1.44. The van der Waals surface area contributed by atoms with E-state index in [9.17, 15) is 14.7 Å². The van der Waals surface area contributed by atoms with Crippen molar-refractivity contribution < 1.29 is 19.8 Å². The lowest BCUT2D eigenvalue weighted by molar-refractivity contribution is -0.141. The van der Waals surface area contributed by atoms with Crippen molar-refractivity contribution in [2.75, 3.05) is 26.2 Å². The first-order chi connectivity index (χ1) is 9.32. The molecule has 4 N–H and O–H groups in total. The Kier molecular flexibility index (Phi) is 6.22. The third-order valence-electron chi connectivity index (χ3n) is 3.45. The normalized spacial score (nSPS) is 22.9. The molecule has 20 heavy (non-hydrogen) atoms. The number of nitrogens with zero attached hydrogens (tertiary/aromatic N) is 1. The number of amides is 2. The van der Waals surface area contributed by atoms with E-state index >= 15 is 0 Å². The van der Waals surface area contributed by atoms with Crippen molar-refractivity contribution in [2.45, 2.75) is 44.8 Å². The van der Waals surface area contributed by atoms with Crippen LogP contribution in [0.3, 0.4) is 0 Å². The number of aliphatic hydroxyl groups is 1. The van der Waals surface area contributed by atoms with Gasteiger partial charge >= 0.3 is 12.0 Å². The molecule has 1 fully saturated rings. The number of likely N-dealkylation sites (tertiary alicyclic amines) is 1. The monoisotopic (exact) mass is 287 g/mol. The fourth-order valence-electron chi connectivity index (χ4n) is 2.36. The summed E-state index contributed by atoms with van der Waals surface area (Å²) in [6, 6.07) is -0.258. The van der Waals surface area contributed by atoms with Crippen molar-refractivity contribution >= 4 is 12.0 Å². The number of nitrogens with one attached hydrogen (secondary N) is 2. The van der Waals surface area contributed by atoms with Gasteiger partial charge in [0.1, 0.15) is 0 Å². The van der Waals surface area contributed by atoms with Crippen molar-refractivity contribution in [1.82, 2.24) is 15.5 Å². The average molecular weight is 287 g/mol. The first kappa shape index (κ1) is 16.7. The molecule has 0 bridgehead atoms. The number of urea groups is 1. The minimum atomic E-state index is -1.44. The van der Waals surface area contributed by atoms with Crippen LogP contribution in [0, 0.1) is 0 Å². The number of carboxylic acids is 1. The second-order valence-electron chi connectivity index (χ2n) is 5.63. The summed E-state index contributed by atoms with van der Waals surface area (Å²) < 4.78 is 0. The highest BCUT2D eigenvalue weighted by molar-refractivity contribution is 5.74. The van der Waals surface area contributed by atoms with Gasteiger partial charge in [0, 0.05) is 19.1 Å². The zero-order valence-electron chi connectivity index (χ0n) is 12.2. The van der Waals surface area contributed by atoms with E-state index in [1.165, 1.54) is 6.92 Å². The Morgan fingerprint density at radius 3 is 2.75 bits per heavy atom. The van der Waals surface area contributed by atoms with E-state index in [0.29, 0.717) is 0 Å². The number of hydrogen-bond donors (Lipinski definition) is 4. The molecule has 0 saturated carbocycles. The minimum Gasteiger partial charge on any atom is -0.481 e. The maximum atomic E-state index is 11.7. The van der Waals surface area contributed by atoms with E-state index in [1.807, 2.05) is 0 Å². The Labute approximate surface area is 119 Å². The first-order valence-corrected chi connectivity index (χ1v) is 7.03. The SMILES string of the molecule is CCN1CCCC(NC(=O)NCC(C)(O)CC(=O)O)C1. The van der Waals surface area contributed by atoms with Gasteiger partial charge in [0.25, 0.3) is 0 Å². The Balaban J connectivity index is 2.31. The highest BCUT2D eigenvalue weighted by Gasteiger charge is 2.26. The lowest BCUT2D eigenvalue weighted by Gasteiger charge is -2.32. The zero-order valence-corrected chi connectivity index (χ0v) is 12.2. The smallest absolute Gasteiger partial charge is 0.315 e. The predicted molar refractivity (Wildman–Crippen MR) is 74.5 cm³/mol. The lowest BCUT2D eigenvalue weighted by atomic mass is 10.0. The maximum absolute atomic E-state index is 11.7. The molecule has 116 valence electrons. The number of likely N-dealkylation sites (N-methyl/N-ethyl adjacent to an activating group) is 1. The highest BCUT2D eigenvalue weighted by atomic mass is 16.4. The third-order valence-corrected chi connectivity index (χ3v) is 3.45. The molecule has 0 aliphatic carbocycles. The molecule has 0 aromatic rings. The summed E-state index contributed by atoms with van der Waals surface area (Å²) >= 11 is 0. The van der Waals surface area contributed by atoms with E-state index in [0.717, 1.165) is 32.5 Å². The van der Waals surface area contributed by atoms with Gasteiger partial charge in [0.05, 0.1) is 12.0 Å². The van der Waals surface area contributed by atoms with Crippen LogP contribution >= 0.6 is 0 Å². The van der Waals surface area contributed by atoms with Gasteiger partial charge in [-0.15, -0.1) is 0 Å². The molecule has 0 aromatic carbocycles. The number of aliphatic carboxylic acids is 1. The molecule has 1 saturated heterocycles. The minimum absolute atomic E-state index is 0.0880. The molecule has 1 aliphatic heterocycles. The highest BCUT2D eigenvalue weighted by Crippen LogP contribution is 2.10. The summed E-state index contributed by atoms with van der Waals surface area (Å²) in [7, 11) is 0. The fraction of sp³-hybridized carbons (Fsp3) is 0.846. The second kappa shape index (κ2) is 7.44. The van der Waals surface area contributed by atoms with Crippen LogP contribution in [0.2, 0.25) is 0 Å².